The molecule has 88 valence electrons. The molecule has 2 N–H and O–H groups in total. The van der Waals surface area contributed by atoms with Gasteiger partial charge in [-0.25, -0.2) is 4.98 Å². The first-order valence-electron chi connectivity index (χ1n) is 5.98. The highest BCUT2D eigenvalue weighted by Gasteiger charge is 2.31. The van der Waals surface area contributed by atoms with E-state index in [2.05, 4.69) is 25.4 Å². The fourth-order valence-electron chi connectivity index (χ4n) is 2.24. The third-order valence-corrected chi connectivity index (χ3v) is 3.43. The Labute approximate surface area is 97.8 Å². The minimum Gasteiger partial charge on any atom is -0.347 e. The van der Waals surface area contributed by atoms with Crippen molar-refractivity contribution in [2.24, 2.45) is 0 Å². The molecule has 0 saturated heterocycles. The molecule has 2 aliphatic rings. The van der Waals surface area contributed by atoms with Gasteiger partial charge < -0.3 is 9.51 Å². The predicted molar refractivity (Wildman–Crippen MR) is 58.1 cm³/mol. The van der Waals surface area contributed by atoms with Gasteiger partial charge in [0.15, 0.2) is 5.82 Å². The molecule has 6 heteroatoms. The Morgan fingerprint density at radius 2 is 2.29 bits per heavy atom. The molecular weight excluding hydrogens is 218 g/mol. The number of nitrogens with one attached hydrogen (secondary N) is 2. The molecular formula is C11H13N5O. The standard InChI is InChI=1S/C11H13N5O/c1-2-6(1)10-15-11(17-16-10)8-3-7-9(4-12-8)14-5-13-7/h5-6,8,12H,1-4H2,(H,13,14). The Morgan fingerprint density at radius 3 is 3.18 bits per heavy atom. The van der Waals surface area contributed by atoms with Gasteiger partial charge in [0.2, 0.25) is 5.89 Å². The summed E-state index contributed by atoms with van der Waals surface area (Å²) in [5.74, 6) is 2.10. The average Bonchev–Trinajstić information content (AvgIpc) is 2.93. The number of hydrogen-bond acceptors (Lipinski definition) is 5. The molecule has 1 unspecified atom stereocenters. The fraction of sp³-hybridized carbons (Fsp3) is 0.545. The Bertz CT molecular complexity index is 542. The SMILES string of the molecule is c1nc2c([nH]1)CNC(c1nc(C3CC3)no1)C2. The van der Waals surface area contributed by atoms with E-state index in [1.54, 1.807) is 6.33 Å². The number of rotatable bonds is 2. The summed E-state index contributed by atoms with van der Waals surface area (Å²) in [4.78, 5) is 11.9. The Morgan fingerprint density at radius 1 is 1.35 bits per heavy atom. The first-order valence-corrected chi connectivity index (χ1v) is 5.98. The number of hydrogen-bond donors (Lipinski definition) is 2. The van der Waals surface area contributed by atoms with E-state index in [0.717, 1.165) is 30.2 Å². The van der Waals surface area contributed by atoms with Crippen molar-refractivity contribution in [2.75, 3.05) is 0 Å². The molecule has 1 fully saturated rings. The molecule has 1 saturated carbocycles. The van der Waals surface area contributed by atoms with Crippen LogP contribution in [0.25, 0.3) is 0 Å². The summed E-state index contributed by atoms with van der Waals surface area (Å²) in [7, 11) is 0. The summed E-state index contributed by atoms with van der Waals surface area (Å²) in [6.07, 6.45) is 4.93. The lowest BCUT2D eigenvalue weighted by Gasteiger charge is -2.19. The van der Waals surface area contributed by atoms with Crippen LogP contribution in [0, 0.1) is 0 Å². The Balaban J connectivity index is 1.58. The van der Waals surface area contributed by atoms with E-state index in [4.69, 9.17) is 4.52 Å². The van der Waals surface area contributed by atoms with Gasteiger partial charge in [-0.3, -0.25) is 5.32 Å². The fourth-order valence-corrected chi connectivity index (χ4v) is 2.24. The van der Waals surface area contributed by atoms with E-state index in [-0.39, 0.29) is 6.04 Å². The van der Waals surface area contributed by atoms with Gasteiger partial charge in [-0.05, 0) is 12.8 Å². The lowest BCUT2D eigenvalue weighted by atomic mass is 10.1. The third kappa shape index (κ3) is 1.56. The van der Waals surface area contributed by atoms with Crippen molar-refractivity contribution in [2.45, 2.75) is 37.8 Å². The van der Waals surface area contributed by atoms with Gasteiger partial charge in [-0.15, -0.1) is 0 Å². The number of fused-ring (bicyclic) bond motifs is 1. The molecule has 1 aliphatic heterocycles. The van der Waals surface area contributed by atoms with Crippen LogP contribution >= 0.6 is 0 Å². The van der Waals surface area contributed by atoms with E-state index >= 15 is 0 Å². The zero-order valence-electron chi connectivity index (χ0n) is 9.31. The number of H-pyrrole nitrogens is 1. The zero-order chi connectivity index (χ0) is 11.2. The third-order valence-electron chi connectivity index (χ3n) is 3.43. The van der Waals surface area contributed by atoms with Crippen molar-refractivity contribution < 1.29 is 4.52 Å². The molecule has 17 heavy (non-hydrogen) atoms. The summed E-state index contributed by atoms with van der Waals surface area (Å²) in [5, 5.41) is 7.43. The van der Waals surface area contributed by atoms with Crippen LogP contribution in [0.5, 0.6) is 0 Å². The minimum atomic E-state index is 0.103. The van der Waals surface area contributed by atoms with Crippen molar-refractivity contribution in [1.29, 1.82) is 0 Å². The summed E-state index contributed by atoms with van der Waals surface area (Å²) >= 11 is 0. The van der Waals surface area contributed by atoms with Gasteiger partial charge >= 0.3 is 0 Å². The van der Waals surface area contributed by atoms with Crippen molar-refractivity contribution >= 4 is 0 Å². The lowest BCUT2D eigenvalue weighted by Crippen LogP contribution is -2.28. The van der Waals surface area contributed by atoms with Crippen LogP contribution < -0.4 is 5.32 Å². The van der Waals surface area contributed by atoms with Crippen LogP contribution in [-0.4, -0.2) is 20.1 Å². The van der Waals surface area contributed by atoms with Gasteiger partial charge in [-0.2, -0.15) is 4.98 Å². The van der Waals surface area contributed by atoms with Gasteiger partial charge in [0, 0.05) is 18.9 Å². The lowest BCUT2D eigenvalue weighted by molar-refractivity contribution is 0.317. The van der Waals surface area contributed by atoms with Crippen molar-refractivity contribution in [3.8, 4) is 0 Å². The molecule has 3 heterocycles. The van der Waals surface area contributed by atoms with E-state index < -0.39 is 0 Å². The molecule has 2 aromatic heterocycles. The predicted octanol–water partition coefficient (Wildman–Crippen LogP) is 1.06. The normalized spacial score (nSPS) is 23.6. The van der Waals surface area contributed by atoms with E-state index in [9.17, 15) is 0 Å². The maximum Gasteiger partial charge on any atom is 0.244 e. The molecule has 0 bridgehead atoms. The van der Waals surface area contributed by atoms with Gasteiger partial charge in [-0.1, -0.05) is 5.16 Å². The molecule has 0 spiro atoms. The van der Waals surface area contributed by atoms with Crippen molar-refractivity contribution in [1.82, 2.24) is 25.4 Å². The van der Waals surface area contributed by atoms with E-state index in [1.165, 1.54) is 12.8 Å². The van der Waals surface area contributed by atoms with Crippen LogP contribution in [0.1, 0.15) is 47.9 Å². The van der Waals surface area contributed by atoms with Crippen molar-refractivity contribution in [3.63, 3.8) is 0 Å². The Hall–Kier alpha value is -1.69. The maximum atomic E-state index is 5.34. The van der Waals surface area contributed by atoms with Crippen LogP contribution in [-0.2, 0) is 13.0 Å². The van der Waals surface area contributed by atoms with Crippen LogP contribution in [0.15, 0.2) is 10.9 Å². The second kappa shape index (κ2) is 3.40. The molecule has 0 radical (unpaired) electrons. The largest absolute Gasteiger partial charge is 0.347 e. The molecule has 0 amide bonds. The van der Waals surface area contributed by atoms with Gasteiger partial charge in [0.1, 0.15) is 0 Å². The zero-order valence-corrected chi connectivity index (χ0v) is 9.31. The van der Waals surface area contributed by atoms with Gasteiger partial charge in [0.25, 0.3) is 0 Å². The molecule has 1 atom stereocenters. The summed E-state index contributed by atoms with van der Waals surface area (Å²) in [6.45, 7) is 0.779. The monoisotopic (exact) mass is 231 g/mol. The molecule has 4 rings (SSSR count). The average molecular weight is 231 g/mol. The minimum absolute atomic E-state index is 0.103. The second-order valence-corrected chi connectivity index (χ2v) is 4.73. The molecule has 2 aromatic rings. The number of aromatic amines is 1. The smallest absolute Gasteiger partial charge is 0.244 e. The summed E-state index contributed by atoms with van der Waals surface area (Å²) in [6, 6.07) is 0.103. The Kier molecular flexibility index (Phi) is 1.87. The highest BCUT2D eigenvalue weighted by Crippen LogP contribution is 2.38. The molecule has 1 aliphatic carbocycles. The number of nitrogens with zero attached hydrogens (tertiary/aromatic N) is 3. The topological polar surface area (TPSA) is 79.6 Å². The second-order valence-electron chi connectivity index (χ2n) is 4.73. The highest BCUT2D eigenvalue weighted by atomic mass is 16.5. The van der Waals surface area contributed by atoms with Crippen molar-refractivity contribution in [3.05, 3.63) is 29.4 Å². The van der Waals surface area contributed by atoms with Crippen LogP contribution in [0.3, 0.4) is 0 Å². The molecule has 0 aromatic carbocycles. The quantitative estimate of drug-likeness (QED) is 0.807. The first-order chi connectivity index (χ1) is 8.40. The maximum absolute atomic E-state index is 5.34. The van der Waals surface area contributed by atoms with Crippen LogP contribution in [0.2, 0.25) is 0 Å². The summed E-state index contributed by atoms with van der Waals surface area (Å²) in [5.41, 5.74) is 2.25. The van der Waals surface area contributed by atoms with E-state index in [0.29, 0.717) is 11.8 Å². The highest BCUT2D eigenvalue weighted by molar-refractivity contribution is 5.18. The first kappa shape index (κ1) is 9.35. The van der Waals surface area contributed by atoms with E-state index in [1.807, 2.05) is 0 Å². The summed E-state index contributed by atoms with van der Waals surface area (Å²) < 4.78 is 5.34. The molecule has 6 nitrogen and oxygen atoms in total. The number of imidazole rings is 1. The number of aromatic nitrogens is 4. The van der Waals surface area contributed by atoms with Gasteiger partial charge in [0.05, 0.1) is 23.8 Å². The van der Waals surface area contributed by atoms with Crippen LogP contribution in [0.4, 0.5) is 0 Å².